The maximum atomic E-state index is 9.51. The van der Waals surface area contributed by atoms with Gasteiger partial charge in [0.25, 0.3) is 0 Å². The average Bonchev–Trinajstić information content (AvgIpc) is 2.29. The summed E-state index contributed by atoms with van der Waals surface area (Å²) in [6.45, 7) is 8.90. The zero-order valence-electron chi connectivity index (χ0n) is 8.13. The molecule has 0 bridgehead atoms. The number of hydrogen-bond acceptors (Lipinski definition) is 2. The third-order valence-electron chi connectivity index (χ3n) is 1.78. The van der Waals surface area contributed by atoms with Gasteiger partial charge in [-0.2, -0.15) is 5.10 Å². The summed E-state index contributed by atoms with van der Waals surface area (Å²) in [4.78, 5) is 0. The Kier molecular flexibility index (Phi) is 2.13. The molecule has 0 spiro atoms. The van der Waals surface area contributed by atoms with Crippen molar-refractivity contribution in [2.45, 2.75) is 39.7 Å². The van der Waals surface area contributed by atoms with E-state index in [1.165, 1.54) is 0 Å². The van der Waals surface area contributed by atoms with E-state index in [-0.39, 0.29) is 5.41 Å². The van der Waals surface area contributed by atoms with Crippen molar-refractivity contribution in [3.63, 3.8) is 0 Å². The van der Waals surface area contributed by atoms with E-state index in [0.29, 0.717) is 5.75 Å². The first-order valence-electron chi connectivity index (χ1n) is 4.22. The second-order valence-electron chi connectivity index (χ2n) is 3.97. The number of hydrogen-bond donors (Lipinski definition) is 1. The second-order valence-corrected chi connectivity index (χ2v) is 3.97. The van der Waals surface area contributed by atoms with Gasteiger partial charge in [-0.25, -0.2) is 0 Å². The van der Waals surface area contributed by atoms with Crippen molar-refractivity contribution < 1.29 is 5.11 Å². The standard InChI is InChI=1S/C9H16N2O/c1-5-11-6-7(12)8(10-11)9(2,3)4/h6,12H,5H2,1-4H3. The monoisotopic (exact) mass is 168 g/mol. The summed E-state index contributed by atoms with van der Waals surface area (Å²) in [6, 6.07) is 0. The summed E-state index contributed by atoms with van der Waals surface area (Å²) in [7, 11) is 0. The van der Waals surface area contributed by atoms with Crippen molar-refractivity contribution in [1.82, 2.24) is 9.78 Å². The van der Waals surface area contributed by atoms with Crippen LogP contribution in [-0.4, -0.2) is 14.9 Å². The fraction of sp³-hybridized carbons (Fsp3) is 0.667. The molecular weight excluding hydrogens is 152 g/mol. The Morgan fingerprint density at radius 1 is 1.50 bits per heavy atom. The van der Waals surface area contributed by atoms with Gasteiger partial charge < -0.3 is 5.11 Å². The van der Waals surface area contributed by atoms with E-state index >= 15 is 0 Å². The Hall–Kier alpha value is -0.990. The highest BCUT2D eigenvalue weighted by Crippen LogP contribution is 2.28. The van der Waals surface area contributed by atoms with E-state index in [4.69, 9.17) is 0 Å². The molecule has 0 unspecified atom stereocenters. The lowest BCUT2D eigenvalue weighted by Gasteiger charge is -2.14. The molecule has 0 atom stereocenters. The molecule has 1 N–H and O–H groups in total. The molecule has 1 aromatic rings. The van der Waals surface area contributed by atoms with Gasteiger partial charge in [-0.15, -0.1) is 0 Å². The second kappa shape index (κ2) is 2.81. The van der Waals surface area contributed by atoms with Gasteiger partial charge in [0.05, 0.1) is 6.20 Å². The molecular formula is C9H16N2O. The Bertz CT molecular complexity index is 271. The molecule has 1 heterocycles. The van der Waals surface area contributed by atoms with E-state index in [1.54, 1.807) is 10.9 Å². The van der Waals surface area contributed by atoms with Crippen LogP contribution in [0.3, 0.4) is 0 Å². The lowest BCUT2D eigenvalue weighted by atomic mass is 9.92. The van der Waals surface area contributed by atoms with E-state index in [2.05, 4.69) is 5.10 Å². The van der Waals surface area contributed by atoms with Crippen molar-refractivity contribution in [3.8, 4) is 5.75 Å². The van der Waals surface area contributed by atoms with Crippen molar-refractivity contribution >= 4 is 0 Å². The Morgan fingerprint density at radius 3 is 2.33 bits per heavy atom. The highest BCUT2D eigenvalue weighted by atomic mass is 16.3. The van der Waals surface area contributed by atoms with Crippen LogP contribution in [0.4, 0.5) is 0 Å². The third-order valence-corrected chi connectivity index (χ3v) is 1.78. The minimum absolute atomic E-state index is 0.0789. The van der Waals surface area contributed by atoms with Crippen LogP contribution in [-0.2, 0) is 12.0 Å². The molecule has 0 aliphatic rings. The molecule has 68 valence electrons. The lowest BCUT2D eigenvalue weighted by Crippen LogP contribution is -2.13. The quantitative estimate of drug-likeness (QED) is 0.695. The molecule has 0 saturated carbocycles. The number of aromatic nitrogens is 2. The van der Waals surface area contributed by atoms with Gasteiger partial charge in [-0.3, -0.25) is 4.68 Å². The summed E-state index contributed by atoms with van der Waals surface area (Å²) in [6.07, 6.45) is 1.67. The van der Waals surface area contributed by atoms with Crippen LogP contribution in [0.5, 0.6) is 5.75 Å². The van der Waals surface area contributed by atoms with Crippen LogP contribution in [0.15, 0.2) is 6.20 Å². The molecule has 1 rings (SSSR count). The zero-order valence-corrected chi connectivity index (χ0v) is 8.13. The Balaban J connectivity index is 3.08. The normalized spacial score (nSPS) is 12.0. The first kappa shape index (κ1) is 9.10. The number of nitrogens with zero attached hydrogens (tertiary/aromatic N) is 2. The molecule has 3 heteroatoms. The zero-order chi connectivity index (χ0) is 9.35. The summed E-state index contributed by atoms with van der Waals surface area (Å²) < 4.78 is 1.75. The van der Waals surface area contributed by atoms with E-state index in [9.17, 15) is 5.11 Å². The van der Waals surface area contributed by atoms with Crippen molar-refractivity contribution in [3.05, 3.63) is 11.9 Å². The molecule has 12 heavy (non-hydrogen) atoms. The highest BCUT2D eigenvalue weighted by Gasteiger charge is 2.21. The average molecular weight is 168 g/mol. The fourth-order valence-corrected chi connectivity index (χ4v) is 1.11. The van der Waals surface area contributed by atoms with Gasteiger partial charge in [-0.05, 0) is 6.92 Å². The first-order valence-corrected chi connectivity index (χ1v) is 4.22. The van der Waals surface area contributed by atoms with E-state index in [1.807, 2.05) is 27.7 Å². The molecule has 0 aromatic carbocycles. The summed E-state index contributed by atoms with van der Waals surface area (Å²) in [5.41, 5.74) is 0.689. The van der Waals surface area contributed by atoms with Crippen LogP contribution in [0, 0.1) is 0 Å². The van der Waals surface area contributed by atoms with Gasteiger partial charge in [0, 0.05) is 12.0 Å². The summed E-state index contributed by atoms with van der Waals surface area (Å²) in [5, 5.41) is 13.8. The first-order chi connectivity index (χ1) is 5.45. The van der Waals surface area contributed by atoms with E-state index in [0.717, 1.165) is 12.2 Å². The van der Waals surface area contributed by atoms with E-state index < -0.39 is 0 Å². The predicted octanol–water partition coefficient (Wildman–Crippen LogP) is 1.91. The van der Waals surface area contributed by atoms with Crippen molar-refractivity contribution in [2.24, 2.45) is 0 Å². The van der Waals surface area contributed by atoms with Gasteiger partial charge in [-0.1, -0.05) is 20.8 Å². The fourth-order valence-electron chi connectivity index (χ4n) is 1.11. The van der Waals surface area contributed by atoms with Gasteiger partial charge in [0.2, 0.25) is 0 Å². The number of rotatable bonds is 1. The van der Waals surface area contributed by atoms with Crippen molar-refractivity contribution in [2.75, 3.05) is 0 Å². The van der Waals surface area contributed by atoms with Crippen LogP contribution in [0.25, 0.3) is 0 Å². The third kappa shape index (κ3) is 1.60. The Labute approximate surface area is 73.0 Å². The summed E-state index contributed by atoms with van der Waals surface area (Å²) in [5.74, 6) is 0.296. The minimum atomic E-state index is -0.0789. The van der Waals surface area contributed by atoms with Gasteiger partial charge in [0.1, 0.15) is 5.69 Å². The summed E-state index contributed by atoms with van der Waals surface area (Å²) >= 11 is 0. The molecule has 0 saturated heterocycles. The predicted molar refractivity (Wildman–Crippen MR) is 48.3 cm³/mol. The van der Waals surface area contributed by atoms with Crippen molar-refractivity contribution in [1.29, 1.82) is 0 Å². The largest absolute Gasteiger partial charge is 0.504 e. The van der Waals surface area contributed by atoms with Crippen LogP contribution in [0.1, 0.15) is 33.4 Å². The minimum Gasteiger partial charge on any atom is -0.504 e. The molecule has 0 amide bonds. The van der Waals surface area contributed by atoms with Gasteiger partial charge in [0.15, 0.2) is 5.75 Å². The smallest absolute Gasteiger partial charge is 0.157 e. The SMILES string of the molecule is CCn1cc(O)c(C(C)(C)C)n1. The number of aromatic hydroxyl groups is 1. The Morgan fingerprint density at radius 2 is 2.08 bits per heavy atom. The van der Waals surface area contributed by atoms with Crippen LogP contribution in [0.2, 0.25) is 0 Å². The lowest BCUT2D eigenvalue weighted by molar-refractivity contribution is 0.444. The molecule has 0 fully saturated rings. The maximum absolute atomic E-state index is 9.51. The van der Waals surface area contributed by atoms with Crippen LogP contribution < -0.4 is 0 Å². The number of aryl methyl sites for hydroxylation is 1. The molecule has 0 radical (unpaired) electrons. The van der Waals surface area contributed by atoms with Crippen LogP contribution >= 0.6 is 0 Å². The topological polar surface area (TPSA) is 38.0 Å². The maximum Gasteiger partial charge on any atom is 0.157 e. The molecule has 1 aromatic heterocycles. The molecule has 0 aliphatic heterocycles. The molecule has 0 aliphatic carbocycles. The molecule has 3 nitrogen and oxygen atoms in total. The highest BCUT2D eigenvalue weighted by molar-refractivity contribution is 5.28. The van der Waals surface area contributed by atoms with Gasteiger partial charge >= 0.3 is 0 Å².